The van der Waals surface area contributed by atoms with Crippen LogP contribution in [0.3, 0.4) is 0 Å². The van der Waals surface area contributed by atoms with Crippen molar-refractivity contribution in [3.63, 3.8) is 0 Å². The van der Waals surface area contributed by atoms with Gasteiger partial charge < -0.3 is 89.9 Å². The number of ether oxygens (including phenoxy) is 6. The monoisotopic (exact) mass is 1290 g/mol. The molecule has 3 aliphatic heterocycles. The molecule has 0 aromatic rings. The molecule has 3 fully saturated rings. The fourth-order valence-electron chi connectivity index (χ4n) is 12.6. The van der Waals surface area contributed by atoms with Crippen molar-refractivity contribution in [1.29, 1.82) is 0 Å². The number of rotatable bonds is 57. The predicted octanol–water partition coefficient (Wildman–Crippen LogP) is 10.2. The predicted molar refractivity (Wildman–Crippen MR) is 351 cm³/mol. The summed E-state index contributed by atoms with van der Waals surface area (Å²) in [6.45, 7) is 1.73. The van der Waals surface area contributed by atoms with E-state index in [4.69, 9.17) is 28.4 Å². The topological polar surface area (TPSA) is 307 Å². The first-order chi connectivity index (χ1) is 43.8. The zero-order chi connectivity index (χ0) is 65.4. The van der Waals surface area contributed by atoms with Gasteiger partial charge in [0.1, 0.15) is 73.2 Å². The molecule has 12 N–H and O–H groups in total. The lowest BCUT2D eigenvalue weighted by atomic mass is 9.96. The first kappa shape index (κ1) is 82.5. The van der Waals surface area contributed by atoms with Crippen molar-refractivity contribution < 1.29 is 89.4 Å². The van der Waals surface area contributed by atoms with Crippen LogP contribution in [0.15, 0.2) is 24.3 Å². The van der Waals surface area contributed by atoms with E-state index >= 15 is 0 Å². The van der Waals surface area contributed by atoms with Crippen molar-refractivity contribution in [1.82, 2.24) is 5.32 Å². The molecule has 0 saturated carbocycles. The Kier molecular flexibility index (Phi) is 49.0. The van der Waals surface area contributed by atoms with Crippen LogP contribution >= 0.6 is 0 Å². The van der Waals surface area contributed by atoms with E-state index in [9.17, 15) is 61.0 Å². The first-order valence-electron chi connectivity index (χ1n) is 36.6. The highest BCUT2D eigenvalue weighted by molar-refractivity contribution is 5.76. The third-order valence-electron chi connectivity index (χ3n) is 18.5. The Labute approximate surface area is 543 Å². The molecule has 19 nitrogen and oxygen atoms in total. The lowest BCUT2D eigenvalue weighted by molar-refractivity contribution is -0.379. The molecule has 0 aliphatic carbocycles. The van der Waals surface area contributed by atoms with Gasteiger partial charge in [0, 0.05) is 6.42 Å². The summed E-state index contributed by atoms with van der Waals surface area (Å²) in [7, 11) is 0. The first-order valence-corrected chi connectivity index (χ1v) is 36.6. The zero-order valence-electron chi connectivity index (χ0n) is 56.1. The SMILES string of the molecule is CCCCCCCCCC/C=C/CC/C=C/C(O)C(COC1OC(CO)C(OC2OC(CO)C(OC3OC(CO)C(O)C(O)C3O)C(O)C2O)C(O)C1O)NC(=O)CCCCCCCCCCCCCCCCCCCCCCCCCCCCCCCCC. The summed E-state index contributed by atoms with van der Waals surface area (Å²) < 4.78 is 34.3. The second kappa shape index (κ2) is 53.4. The number of carbonyl (C=O) groups is 1. The van der Waals surface area contributed by atoms with E-state index in [0.717, 1.165) is 38.5 Å². The van der Waals surface area contributed by atoms with Gasteiger partial charge in [-0.3, -0.25) is 4.79 Å². The zero-order valence-corrected chi connectivity index (χ0v) is 56.1. The molecule has 3 rings (SSSR count). The molecule has 19 heteroatoms. The molecule has 3 saturated heterocycles. The highest BCUT2D eigenvalue weighted by atomic mass is 16.8. The number of amides is 1. The molecule has 0 aromatic carbocycles. The second-order valence-electron chi connectivity index (χ2n) is 26.4. The van der Waals surface area contributed by atoms with Gasteiger partial charge in [-0.1, -0.05) is 276 Å². The average Bonchev–Trinajstić information content (AvgIpc) is 0.995. The number of unbranched alkanes of at least 4 members (excludes halogenated alkanes) is 39. The number of nitrogens with one attached hydrogen (secondary N) is 1. The third kappa shape index (κ3) is 34.8. The van der Waals surface area contributed by atoms with E-state index in [1.54, 1.807) is 6.08 Å². The van der Waals surface area contributed by atoms with E-state index in [2.05, 4.69) is 31.3 Å². The summed E-state index contributed by atoms with van der Waals surface area (Å²) in [6, 6.07) is -0.986. The van der Waals surface area contributed by atoms with Crippen molar-refractivity contribution in [2.75, 3.05) is 26.4 Å². The maximum atomic E-state index is 13.4. The van der Waals surface area contributed by atoms with Crippen LogP contribution < -0.4 is 5.32 Å². The summed E-state index contributed by atoms with van der Waals surface area (Å²) in [5.41, 5.74) is 0. The molecule has 90 heavy (non-hydrogen) atoms. The van der Waals surface area contributed by atoms with E-state index in [-0.39, 0.29) is 18.9 Å². The molecule has 3 heterocycles. The van der Waals surface area contributed by atoms with Crippen molar-refractivity contribution >= 4 is 5.91 Å². The molecule has 530 valence electrons. The molecule has 3 aliphatic rings. The average molecular weight is 1290 g/mol. The number of hydrogen-bond acceptors (Lipinski definition) is 18. The Balaban J connectivity index is 1.36. The number of carbonyl (C=O) groups excluding carboxylic acids is 1. The van der Waals surface area contributed by atoms with Crippen LogP contribution in [-0.2, 0) is 33.2 Å². The third-order valence-corrected chi connectivity index (χ3v) is 18.5. The fraction of sp³-hybridized carbons (Fsp3) is 0.930. The van der Waals surface area contributed by atoms with E-state index in [1.807, 2.05) is 6.08 Å². The summed E-state index contributed by atoms with van der Waals surface area (Å²) in [5.74, 6) is -0.280. The van der Waals surface area contributed by atoms with Crippen LogP contribution in [0.5, 0.6) is 0 Å². The maximum absolute atomic E-state index is 13.4. The van der Waals surface area contributed by atoms with Gasteiger partial charge >= 0.3 is 0 Å². The van der Waals surface area contributed by atoms with Gasteiger partial charge in [-0.2, -0.15) is 0 Å². The second-order valence-corrected chi connectivity index (χ2v) is 26.4. The Morgan fingerprint density at radius 3 is 1.11 bits per heavy atom. The van der Waals surface area contributed by atoms with Crippen molar-refractivity contribution in [3.8, 4) is 0 Å². The minimum Gasteiger partial charge on any atom is -0.394 e. The summed E-state index contributed by atoms with van der Waals surface area (Å²) in [6.07, 6.45) is 34.7. The Morgan fingerprint density at radius 1 is 0.389 bits per heavy atom. The van der Waals surface area contributed by atoms with E-state index < -0.39 is 124 Å². The molecular formula is C71H133NO18. The summed E-state index contributed by atoms with van der Waals surface area (Å²) >= 11 is 0. The minimum atomic E-state index is -1.98. The van der Waals surface area contributed by atoms with Crippen LogP contribution in [0.4, 0.5) is 0 Å². The van der Waals surface area contributed by atoms with Crippen molar-refractivity contribution in [2.24, 2.45) is 0 Å². The largest absolute Gasteiger partial charge is 0.394 e. The minimum absolute atomic E-state index is 0.241. The van der Waals surface area contributed by atoms with E-state index in [0.29, 0.717) is 12.8 Å². The highest BCUT2D eigenvalue weighted by Crippen LogP contribution is 2.33. The summed E-state index contributed by atoms with van der Waals surface area (Å²) in [4.78, 5) is 13.4. The number of hydrogen-bond donors (Lipinski definition) is 12. The van der Waals surface area contributed by atoms with Crippen LogP contribution in [0.1, 0.15) is 290 Å². The molecule has 0 radical (unpaired) electrons. The van der Waals surface area contributed by atoms with Gasteiger partial charge in [0.15, 0.2) is 18.9 Å². The van der Waals surface area contributed by atoms with Crippen LogP contribution in [0.2, 0.25) is 0 Å². The number of allylic oxidation sites excluding steroid dienone is 3. The van der Waals surface area contributed by atoms with Crippen molar-refractivity contribution in [2.45, 2.75) is 394 Å². The van der Waals surface area contributed by atoms with Gasteiger partial charge in [-0.25, -0.2) is 0 Å². The maximum Gasteiger partial charge on any atom is 0.220 e. The van der Waals surface area contributed by atoms with Gasteiger partial charge in [-0.15, -0.1) is 0 Å². The molecule has 17 atom stereocenters. The van der Waals surface area contributed by atoms with Gasteiger partial charge in [0.2, 0.25) is 5.91 Å². The standard InChI is InChI=1S/C71H133NO18/c1-3-5-7-9-11-13-15-17-19-20-21-22-23-24-25-26-27-28-29-30-31-32-33-34-35-37-39-41-43-45-47-49-59(77)72-54(55(76)48-46-44-42-40-38-36-18-16-14-12-10-8-6-4-2)53-85-69-65(83)62(80)67(57(51-74)87-69)90-71-66(84)63(81)68(58(52-75)88-71)89-70-64(82)61(79)60(78)56(50-73)86-70/h38,40,46,48,54-58,60-71,73-76,78-84H,3-37,39,41-45,47,49-53H2,1-2H3,(H,72,77)/b40-38+,48-46+. The summed E-state index contributed by atoms with van der Waals surface area (Å²) in [5, 5.41) is 120. The fourth-order valence-corrected chi connectivity index (χ4v) is 12.6. The number of aliphatic hydroxyl groups is 11. The quantitative estimate of drug-likeness (QED) is 0.0199. The Bertz CT molecular complexity index is 1730. The molecule has 0 bridgehead atoms. The highest BCUT2D eigenvalue weighted by Gasteiger charge is 2.53. The van der Waals surface area contributed by atoms with Gasteiger partial charge in [0.25, 0.3) is 0 Å². The molecule has 17 unspecified atom stereocenters. The molecular weight excluding hydrogens is 1150 g/mol. The van der Waals surface area contributed by atoms with Crippen molar-refractivity contribution in [3.05, 3.63) is 24.3 Å². The number of aliphatic hydroxyl groups excluding tert-OH is 11. The van der Waals surface area contributed by atoms with Crippen LogP contribution in [-0.4, -0.2) is 193 Å². The van der Waals surface area contributed by atoms with Gasteiger partial charge in [0.05, 0.1) is 38.6 Å². The van der Waals surface area contributed by atoms with Crippen LogP contribution in [0.25, 0.3) is 0 Å². The smallest absolute Gasteiger partial charge is 0.220 e. The Morgan fingerprint density at radius 2 is 0.711 bits per heavy atom. The molecule has 1 amide bonds. The van der Waals surface area contributed by atoms with Gasteiger partial charge in [-0.05, 0) is 32.1 Å². The Hall–Kier alpha value is -1.73. The lowest BCUT2D eigenvalue weighted by Gasteiger charge is -2.48. The normalized spacial score (nSPS) is 28.1. The molecule has 0 spiro atoms. The molecule has 0 aromatic heterocycles. The van der Waals surface area contributed by atoms with Crippen LogP contribution in [0, 0.1) is 0 Å². The van der Waals surface area contributed by atoms with E-state index in [1.165, 1.54) is 218 Å². The lowest BCUT2D eigenvalue weighted by Crippen LogP contribution is -2.66.